The fourth-order valence-corrected chi connectivity index (χ4v) is 2.60. The maximum Gasteiger partial charge on any atom is 0.242 e. The minimum Gasteiger partial charge on any atom is -0.467 e. The van der Waals surface area contributed by atoms with E-state index in [1.165, 1.54) is 0 Å². The van der Waals surface area contributed by atoms with Gasteiger partial charge in [0.25, 0.3) is 0 Å². The van der Waals surface area contributed by atoms with Crippen molar-refractivity contribution >= 4 is 11.9 Å². The number of furan rings is 1. The second-order valence-corrected chi connectivity index (χ2v) is 7.06. The second kappa shape index (κ2) is 6.64. The Morgan fingerprint density at radius 2 is 2.09 bits per heavy atom. The fraction of sp³-hybridized carbons (Fsp3) is 0.647. The molecule has 0 bridgehead atoms. The van der Waals surface area contributed by atoms with Crippen molar-refractivity contribution in [3.8, 4) is 0 Å². The molecule has 0 spiro atoms. The van der Waals surface area contributed by atoms with E-state index in [-0.39, 0.29) is 23.4 Å². The monoisotopic (exact) mass is 320 g/mol. The Hall–Kier alpha value is -1.98. The smallest absolute Gasteiger partial charge is 0.242 e. The van der Waals surface area contributed by atoms with E-state index in [0.29, 0.717) is 6.54 Å². The van der Waals surface area contributed by atoms with Gasteiger partial charge in [-0.25, -0.2) is 4.99 Å². The Balaban J connectivity index is 1.93. The topological polar surface area (TPSA) is 69.9 Å². The van der Waals surface area contributed by atoms with Crippen LogP contribution >= 0.6 is 0 Å². The molecule has 1 amide bonds. The third-order valence-electron chi connectivity index (χ3n) is 4.89. The van der Waals surface area contributed by atoms with Crippen molar-refractivity contribution in [1.29, 1.82) is 0 Å². The minimum atomic E-state index is -0.116. The van der Waals surface area contributed by atoms with Crippen LogP contribution < -0.4 is 10.6 Å². The first-order valence-electron chi connectivity index (χ1n) is 8.13. The van der Waals surface area contributed by atoms with E-state index < -0.39 is 0 Å². The molecule has 1 fully saturated rings. The summed E-state index contributed by atoms with van der Waals surface area (Å²) in [5.41, 5.74) is 0.239. The predicted octanol–water partition coefficient (Wildman–Crippen LogP) is 1.98. The third kappa shape index (κ3) is 3.68. The number of hydrogen-bond acceptors (Lipinski definition) is 3. The highest BCUT2D eigenvalue weighted by Crippen LogP contribution is 2.46. The Morgan fingerprint density at radius 3 is 2.61 bits per heavy atom. The van der Waals surface area contributed by atoms with Crippen molar-refractivity contribution in [2.45, 2.75) is 46.7 Å². The Bertz CT molecular complexity index is 561. The number of amides is 1. The maximum absolute atomic E-state index is 12.0. The van der Waals surface area contributed by atoms with Crippen LogP contribution in [0.4, 0.5) is 0 Å². The molecule has 0 saturated carbocycles. The van der Waals surface area contributed by atoms with Gasteiger partial charge in [0.2, 0.25) is 5.91 Å². The molecule has 0 atom stereocenters. The highest BCUT2D eigenvalue weighted by atomic mass is 16.3. The van der Waals surface area contributed by atoms with Crippen LogP contribution in [-0.4, -0.2) is 41.9 Å². The summed E-state index contributed by atoms with van der Waals surface area (Å²) in [6.07, 6.45) is 1.59. The number of guanidine groups is 1. The molecule has 6 heteroatoms. The van der Waals surface area contributed by atoms with Crippen molar-refractivity contribution in [3.05, 3.63) is 24.2 Å². The number of nitrogens with one attached hydrogen (secondary N) is 2. The first-order chi connectivity index (χ1) is 10.8. The van der Waals surface area contributed by atoms with Gasteiger partial charge >= 0.3 is 0 Å². The summed E-state index contributed by atoms with van der Waals surface area (Å²) >= 11 is 0. The molecule has 1 aliphatic rings. The molecule has 6 nitrogen and oxygen atoms in total. The Labute approximate surface area is 138 Å². The van der Waals surface area contributed by atoms with E-state index in [9.17, 15) is 4.79 Å². The van der Waals surface area contributed by atoms with E-state index in [1.54, 1.807) is 12.3 Å². The first-order valence-corrected chi connectivity index (χ1v) is 8.13. The zero-order valence-electron chi connectivity index (χ0n) is 14.8. The molecular formula is C17H28N4O2. The lowest BCUT2D eigenvalue weighted by Crippen LogP contribution is -2.72. The van der Waals surface area contributed by atoms with Crippen LogP contribution in [-0.2, 0) is 11.3 Å². The molecular weight excluding hydrogens is 292 g/mol. The minimum absolute atomic E-state index is 0.0125. The number of likely N-dealkylation sites (tertiary alicyclic amines) is 1. The van der Waals surface area contributed by atoms with E-state index in [2.05, 4.69) is 48.2 Å². The van der Waals surface area contributed by atoms with Crippen LogP contribution in [0.1, 0.15) is 40.4 Å². The predicted molar refractivity (Wildman–Crippen MR) is 91.1 cm³/mol. The van der Waals surface area contributed by atoms with Crippen LogP contribution in [0.3, 0.4) is 0 Å². The van der Waals surface area contributed by atoms with Gasteiger partial charge in [0.15, 0.2) is 5.96 Å². The van der Waals surface area contributed by atoms with E-state index >= 15 is 0 Å². The maximum atomic E-state index is 12.0. The average Bonchev–Trinajstić information content (AvgIpc) is 3.00. The second-order valence-electron chi connectivity index (χ2n) is 7.06. The van der Waals surface area contributed by atoms with Crippen molar-refractivity contribution in [2.75, 3.05) is 19.6 Å². The number of hydrogen-bond donors (Lipinski definition) is 2. The number of carbonyl (C=O) groups excluding carboxylic acids is 1. The first kappa shape index (κ1) is 17.4. The summed E-state index contributed by atoms with van der Waals surface area (Å²) in [6, 6.07) is 3.63. The lowest BCUT2D eigenvalue weighted by molar-refractivity contribution is -0.120. The van der Waals surface area contributed by atoms with Gasteiger partial charge in [0.05, 0.1) is 12.8 Å². The summed E-state index contributed by atoms with van der Waals surface area (Å²) in [6.45, 7) is 13.2. The molecule has 2 N–H and O–H groups in total. The summed E-state index contributed by atoms with van der Waals surface area (Å²) in [7, 11) is 0. The lowest BCUT2D eigenvalue weighted by Gasteiger charge is -2.62. The Morgan fingerprint density at radius 1 is 1.35 bits per heavy atom. The molecule has 0 aliphatic carbocycles. The number of nitrogens with zero attached hydrogens (tertiary/aromatic N) is 2. The van der Waals surface area contributed by atoms with Crippen LogP contribution in [0.2, 0.25) is 0 Å². The molecule has 1 aliphatic heterocycles. The van der Waals surface area contributed by atoms with Crippen LogP contribution in [0.5, 0.6) is 0 Å². The summed E-state index contributed by atoms with van der Waals surface area (Å²) in [5, 5.41) is 6.09. The molecule has 1 aromatic heterocycles. The van der Waals surface area contributed by atoms with Gasteiger partial charge in [-0.15, -0.1) is 0 Å². The van der Waals surface area contributed by atoms with Gasteiger partial charge in [0, 0.05) is 24.0 Å². The molecule has 0 aromatic carbocycles. The normalized spacial score (nSPS) is 19.2. The standard InChI is InChI=1S/C17H28N4O2/c1-6-18-15(21-12-16(2,3)17(21,4)5)20-11-14(22)19-10-13-8-7-9-23-13/h7-9H,6,10-12H2,1-5H3,(H,18,20)(H,19,22). The van der Waals surface area contributed by atoms with Gasteiger partial charge in [-0.3, -0.25) is 4.79 Å². The number of rotatable bonds is 5. The number of aliphatic imine (C=N–C) groups is 1. The summed E-state index contributed by atoms with van der Waals surface area (Å²) in [5.74, 6) is 1.42. The van der Waals surface area contributed by atoms with E-state index in [4.69, 9.17) is 4.42 Å². The van der Waals surface area contributed by atoms with Crippen molar-refractivity contribution in [1.82, 2.24) is 15.5 Å². The van der Waals surface area contributed by atoms with Crippen LogP contribution in [0.15, 0.2) is 27.8 Å². The van der Waals surface area contributed by atoms with Crippen molar-refractivity contribution < 1.29 is 9.21 Å². The van der Waals surface area contributed by atoms with Crippen molar-refractivity contribution in [2.24, 2.45) is 10.4 Å². The largest absolute Gasteiger partial charge is 0.467 e. The van der Waals surface area contributed by atoms with E-state index in [1.807, 2.05) is 13.0 Å². The van der Waals surface area contributed by atoms with Gasteiger partial charge in [-0.05, 0) is 32.9 Å². The van der Waals surface area contributed by atoms with Crippen LogP contribution in [0, 0.1) is 5.41 Å². The zero-order chi connectivity index (χ0) is 17.1. The lowest BCUT2D eigenvalue weighted by atomic mass is 9.65. The molecule has 2 rings (SSSR count). The van der Waals surface area contributed by atoms with Crippen molar-refractivity contribution in [3.63, 3.8) is 0 Å². The summed E-state index contributed by atoms with van der Waals surface area (Å²) < 4.78 is 5.19. The van der Waals surface area contributed by atoms with Gasteiger partial charge < -0.3 is 20.0 Å². The molecule has 128 valence electrons. The molecule has 2 heterocycles. The van der Waals surface area contributed by atoms with Crippen LogP contribution in [0.25, 0.3) is 0 Å². The number of carbonyl (C=O) groups is 1. The zero-order valence-corrected chi connectivity index (χ0v) is 14.8. The Kier molecular flexibility index (Phi) is 5.02. The van der Waals surface area contributed by atoms with Gasteiger partial charge in [-0.1, -0.05) is 13.8 Å². The van der Waals surface area contributed by atoms with E-state index in [0.717, 1.165) is 24.8 Å². The third-order valence-corrected chi connectivity index (χ3v) is 4.89. The highest BCUT2D eigenvalue weighted by Gasteiger charge is 2.53. The summed E-state index contributed by atoms with van der Waals surface area (Å²) in [4.78, 5) is 18.7. The average molecular weight is 320 g/mol. The molecule has 1 aromatic rings. The SMILES string of the molecule is CCNC(=NCC(=O)NCc1ccco1)N1CC(C)(C)C1(C)C. The molecule has 0 unspecified atom stereocenters. The van der Waals surface area contributed by atoms with Gasteiger partial charge in [-0.2, -0.15) is 0 Å². The molecule has 0 radical (unpaired) electrons. The molecule has 1 saturated heterocycles. The fourth-order valence-electron chi connectivity index (χ4n) is 2.60. The van der Waals surface area contributed by atoms with Gasteiger partial charge in [0.1, 0.15) is 12.3 Å². The highest BCUT2D eigenvalue weighted by molar-refractivity contribution is 5.86. The molecule has 23 heavy (non-hydrogen) atoms. The quantitative estimate of drug-likeness (QED) is 0.643.